The van der Waals surface area contributed by atoms with Crippen molar-refractivity contribution in [3.63, 3.8) is 0 Å². The van der Waals surface area contributed by atoms with Gasteiger partial charge in [0.1, 0.15) is 0 Å². The molecule has 0 spiro atoms. The zero-order valence-electron chi connectivity index (χ0n) is 14.0. The highest BCUT2D eigenvalue weighted by Crippen LogP contribution is 2.39. The van der Waals surface area contributed by atoms with Gasteiger partial charge in [-0.25, -0.2) is 0 Å². The van der Waals surface area contributed by atoms with Gasteiger partial charge in [0.05, 0.1) is 24.6 Å². The number of nitrogens with zero attached hydrogens (tertiary/aromatic N) is 2. The lowest BCUT2D eigenvalue weighted by molar-refractivity contribution is -0.157. The van der Waals surface area contributed by atoms with Crippen LogP contribution in [0.3, 0.4) is 0 Å². The number of hydrogen-bond donors (Lipinski definition) is 0. The summed E-state index contributed by atoms with van der Waals surface area (Å²) in [5, 5.41) is 0. The molecule has 6 heteroatoms. The number of aromatic nitrogens is 2. The summed E-state index contributed by atoms with van der Waals surface area (Å²) < 4.78 is 10.0. The van der Waals surface area contributed by atoms with Gasteiger partial charge in [0.25, 0.3) is 0 Å². The molecular formula is C17H24N2O4. The predicted octanol–water partition coefficient (Wildman–Crippen LogP) is 2.52. The number of esters is 2. The lowest BCUT2D eigenvalue weighted by atomic mass is 9.85. The number of carbonyl (C=O) groups is 2. The standard InChI is InChI=1S/C17H24N2O4/c1-4-22-15(20)14(16(21)23-5-2)12-10-18-11-13(19-12)17(3)8-6-7-9-17/h10-11,14H,4-9H2,1-3H3. The molecule has 0 aliphatic heterocycles. The number of rotatable bonds is 6. The van der Waals surface area contributed by atoms with E-state index in [0.29, 0.717) is 5.69 Å². The molecule has 23 heavy (non-hydrogen) atoms. The molecule has 0 bridgehead atoms. The second kappa shape index (κ2) is 7.53. The molecule has 1 heterocycles. The Kier molecular flexibility index (Phi) is 5.69. The van der Waals surface area contributed by atoms with Crippen LogP contribution >= 0.6 is 0 Å². The van der Waals surface area contributed by atoms with E-state index in [0.717, 1.165) is 31.4 Å². The van der Waals surface area contributed by atoms with Crippen LogP contribution in [0.5, 0.6) is 0 Å². The van der Waals surface area contributed by atoms with Crippen molar-refractivity contribution in [2.75, 3.05) is 13.2 Å². The van der Waals surface area contributed by atoms with Crippen LogP contribution in [0.15, 0.2) is 12.4 Å². The molecule has 0 N–H and O–H groups in total. The SMILES string of the molecule is CCOC(=O)C(C(=O)OCC)c1cncc(C2(C)CCCC2)n1. The molecule has 1 aromatic rings. The maximum absolute atomic E-state index is 12.2. The van der Waals surface area contributed by atoms with Gasteiger partial charge in [-0.05, 0) is 26.7 Å². The van der Waals surface area contributed by atoms with E-state index in [4.69, 9.17) is 9.47 Å². The van der Waals surface area contributed by atoms with Gasteiger partial charge < -0.3 is 9.47 Å². The summed E-state index contributed by atoms with van der Waals surface area (Å²) in [6.45, 7) is 5.93. The highest BCUT2D eigenvalue weighted by molar-refractivity contribution is 6.00. The number of hydrogen-bond acceptors (Lipinski definition) is 6. The highest BCUT2D eigenvalue weighted by Gasteiger charge is 2.36. The Morgan fingerprint density at radius 2 is 1.70 bits per heavy atom. The molecule has 2 rings (SSSR count). The maximum Gasteiger partial charge on any atom is 0.326 e. The van der Waals surface area contributed by atoms with Crippen LogP contribution in [0.2, 0.25) is 0 Å². The Morgan fingerprint density at radius 3 is 2.22 bits per heavy atom. The average Bonchev–Trinajstić information content (AvgIpc) is 2.96. The minimum absolute atomic E-state index is 0.0448. The average molecular weight is 320 g/mol. The summed E-state index contributed by atoms with van der Waals surface area (Å²) in [4.78, 5) is 33.1. The first-order chi connectivity index (χ1) is 11.0. The summed E-state index contributed by atoms with van der Waals surface area (Å²) in [6.07, 6.45) is 7.55. The first kappa shape index (κ1) is 17.4. The number of carbonyl (C=O) groups excluding carboxylic acids is 2. The first-order valence-corrected chi connectivity index (χ1v) is 8.17. The van der Waals surface area contributed by atoms with E-state index in [-0.39, 0.29) is 18.6 Å². The van der Waals surface area contributed by atoms with Crippen molar-refractivity contribution in [2.45, 2.75) is 57.8 Å². The molecule has 1 aliphatic carbocycles. The zero-order valence-corrected chi connectivity index (χ0v) is 14.0. The summed E-state index contributed by atoms with van der Waals surface area (Å²) in [6, 6.07) is 0. The van der Waals surface area contributed by atoms with Crippen LogP contribution in [-0.2, 0) is 24.5 Å². The molecule has 0 aromatic carbocycles. The van der Waals surface area contributed by atoms with Crippen LogP contribution < -0.4 is 0 Å². The van der Waals surface area contributed by atoms with E-state index in [1.807, 2.05) is 0 Å². The fourth-order valence-corrected chi connectivity index (χ4v) is 3.01. The smallest absolute Gasteiger partial charge is 0.326 e. The van der Waals surface area contributed by atoms with Crippen molar-refractivity contribution >= 4 is 11.9 Å². The summed E-state index contributed by atoms with van der Waals surface area (Å²) in [5.41, 5.74) is 1.08. The van der Waals surface area contributed by atoms with Crippen LogP contribution in [0.4, 0.5) is 0 Å². The molecule has 0 saturated heterocycles. The van der Waals surface area contributed by atoms with E-state index in [1.54, 1.807) is 20.0 Å². The third-order valence-electron chi connectivity index (χ3n) is 4.32. The lowest BCUT2D eigenvalue weighted by Gasteiger charge is -2.23. The largest absolute Gasteiger partial charge is 0.465 e. The van der Waals surface area contributed by atoms with Crippen LogP contribution in [0.1, 0.15) is 63.8 Å². The van der Waals surface area contributed by atoms with Gasteiger partial charge in [0.2, 0.25) is 0 Å². The third kappa shape index (κ3) is 3.86. The van der Waals surface area contributed by atoms with Gasteiger partial charge in [-0.1, -0.05) is 19.8 Å². The highest BCUT2D eigenvalue weighted by atomic mass is 16.6. The Labute approximate surface area is 136 Å². The van der Waals surface area contributed by atoms with E-state index < -0.39 is 17.9 Å². The molecule has 1 aliphatic rings. The molecule has 1 fully saturated rings. The topological polar surface area (TPSA) is 78.4 Å². The molecule has 0 unspecified atom stereocenters. The monoisotopic (exact) mass is 320 g/mol. The first-order valence-electron chi connectivity index (χ1n) is 8.17. The maximum atomic E-state index is 12.2. The van der Waals surface area contributed by atoms with Crippen molar-refractivity contribution in [1.29, 1.82) is 0 Å². The normalized spacial score (nSPS) is 16.3. The molecule has 1 saturated carbocycles. The van der Waals surface area contributed by atoms with Crippen molar-refractivity contribution in [1.82, 2.24) is 9.97 Å². The van der Waals surface area contributed by atoms with Crippen molar-refractivity contribution in [3.8, 4) is 0 Å². The molecule has 126 valence electrons. The Bertz CT molecular complexity index is 549. The zero-order chi connectivity index (χ0) is 16.9. The quantitative estimate of drug-likeness (QED) is 0.592. The second-order valence-corrected chi connectivity index (χ2v) is 6.03. The molecule has 1 aromatic heterocycles. The summed E-state index contributed by atoms with van der Waals surface area (Å²) in [5.74, 6) is -2.46. The van der Waals surface area contributed by atoms with Gasteiger partial charge >= 0.3 is 11.9 Å². The summed E-state index contributed by atoms with van der Waals surface area (Å²) >= 11 is 0. The Morgan fingerprint density at radius 1 is 1.13 bits per heavy atom. The summed E-state index contributed by atoms with van der Waals surface area (Å²) in [7, 11) is 0. The fourth-order valence-electron chi connectivity index (χ4n) is 3.01. The van der Waals surface area contributed by atoms with Crippen LogP contribution in [-0.4, -0.2) is 35.1 Å². The number of ether oxygens (including phenoxy) is 2. The van der Waals surface area contributed by atoms with E-state index in [9.17, 15) is 9.59 Å². The van der Waals surface area contributed by atoms with E-state index >= 15 is 0 Å². The minimum Gasteiger partial charge on any atom is -0.465 e. The van der Waals surface area contributed by atoms with E-state index in [2.05, 4.69) is 16.9 Å². The van der Waals surface area contributed by atoms with Crippen molar-refractivity contribution < 1.29 is 19.1 Å². The van der Waals surface area contributed by atoms with Gasteiger partial charge in [0, 0.05) is 17.8 Å². The minimum atomic E-state index is -1.17. The second-order valence-electron chi connectivity index (χ2n) is 6.03. The van der Waals surface area contributed by atoms with Crippen LogP contribution in [0.25, 0.3) is 0 Å². The predicted molar refractivity (Wildman–Crippen MR) is 83.9 cm³/mol. The van der Waals surface area contributed by atoms with Crippen LogP contribution in [0, 0.1) is 0 Å². The van der Waals surface area contributed by atoms with Gasteiger partial charge in [0.15, 0.2) is 5.92 Å². The molecule has 0 amide bonds. The van der Waals surface area contributed by atoms with Crippen molar-refractivity contribution in [3.05, 3.63) is 23.8 Å². The fraction of sp³-hybridized carbons (Fsp3) is 0.647. The molecule has 0 radical (unpaired) electrons. The lowest BCUT2D eigenvalue weighted by Crippen LogP contribution is -2.28. The van der Waals surface area contributed by atoms with Gasteiger partial charge in [-0.3, -0.25) is 19.6 Å². The Hall–Kier alpha value is -1.98. The molecule has 0 atom stereocenters. The third-order valence-corrected chi connectivity index (χ3v) is 4.32. The molecular weight excluding hydrogens is 296 g/mol. The van der Waals surface area contributed by atoms with Gasteiger partial charge in [-0.2, -0.15) is 0 Å². The Balaban J connectivity index is 2.34. The molecule has 6 nitrogen and oxygen atoms in total. The van der Waals surface area contributed by atoms with Gasteiger partial charge in [-0.15, -0.1) is 0 Å². The van der Waals surface area contributed by atoms with E-state index in [1.165, 1.54) is 6.20 Å². The van der Waals surface area contributed by atoms with Crippen molar-refractivity contribution in [2.24, 2.45) is 0 Å².